The van der Waals surface area contributed by atoms with Gasteiger partial charge < -0.3 is 15.8 Å². The number of carbonyl (C=O) groups is 1. The molecule has 0 unspecified atom stereocenters. The zero-order valence-electron chi connectivity index (χ0n) is 11.2. The zero-order valence-corrected chi connectivity index (χ0v) is 12.0. The first-order valence-electron chi connectivity index (χ1n) is 6.18. The molecule has 0 fully saturated rings. The van der Waals surface area contributed by atoms with Crippen molar-refractivity contribution in [3.8, 4) is 11.6 Å². The first kappa shape index (κ1) is 13.3. The summed E-state index contributed by atoms with van der Waals surface area (Å²) in [5.41, 5.74) is 6.27. The average Bonchev–Trinajstić information content (AvgIpc) is 2.88. The number of benzene rings is 1. The van der Waals surface area contributed by atoms with Gasteiger partial charge in [-0.25, -0.2) is 4.98 Å². The Hall–Kier alpha value is -2.67. The molecule has 1 aromatic carbocycles. The van der Waals surface area contributed by atoms with Crippen LogP contribution >= 0.6 is 11.3 Å². The van der Waals surface area contributed by atoms with Crippen LogP contribution in [-0.4, -0.2) is 15.9 Å². The lowest BCUT2D eigenvalue weighted by molar-refractivity contribution is -0.114. The summed E-state index contributed by atoms with van der Waals surface area (Å²) >= 11 is 1.46. The number of fused-ring (bicyclic) bond motifs is 1. The first-order valence-corrected chi connectivity index (χ1v) is 7.06. The van der Waals surface area contributed by atoms with Crippen molar-refractivity contribution in [1.82, 2.24) is 9.97 Å². The predicted octanol–water partition coefficient (Wildman–Crippen LogP) is 3.02. The Labute approximate surface area is 124 Å². The van der Waals surface area contributed by atoms with Crippen molar-refractivity contribution in [1.29, 1.82) is 0 Å². The molecule has 0 saturated heterocycles. The highest BCUT2D eigenvalue weighted by Gasteiger charge is 2.12. The molecule has 7 heteroatoms. The standard InChI is InChI=1S/C14H12N4O2S/c1-8(19)16-10-4-2-3-5-11(10)20-12-9-6-7-21-13(9)18-14(15)17-12/h2-7H,1H3,(H,16,19)(H2,15,17,18). The van der Waals surface area contributed by atoms with Crippen LogP contribution in [0.1, 0.15) is 6.92 Å². The van der Waals surface area contributed by atoms with E-state index in [0.29, 0.717) is 17.3 Å². The number of amides is 1. The summed E-state index contributed by atoms with van der Waals surface area (Å²) in [6, 6.07) is 9.01. The number of ether oxygens (including phenoxy) is 1. The molecule has 21 heavy (non-hydrogen) atoms. The van der Waals surface area contributed by atoms with Gasteiger partial charge in [0, 0.05) is 6.92 Å². The first-order chi connectivity index (χ1) is 10.1. The van der Waals surface area contributed by atoms with Gasteiger partial charge in [0.2, 0.25) is 17.7 Å². The number of hydrogen-bond donors (Lipinski definition) is 2. The van der Waals surface area contributed by atoms with Crippen LogP contribution < -0.4 is 15.8 Å². The molecule has 0 aliphatic heterocycles. The van der Waals surface area contributed by atoms with Crippen molar-refractivity contribution in [2.45, 2.75) is 6.92 Å². The quantitative estimate of drug-likeness (QED) is 0.776. The number of anilines is 2. The van der Waals surface area contributed by atoms with E-state index in [1.807, 2.05) is 23.6 Å². The lowest BCUT2D eigenvalue weighted by Crippen LogP contribution is -2.07. The molecule has 3 rings (SSSR count). The Morgan fingerprint density at radius 2 is 2.10 bits per heavy atom. The van der Waals surface area contributed by atoms with Crippen LogP contribution in [0, 0.1) is 0 Å². The molecule has 3 N–H and O–H groups in total. The molecule has 1 amide bonds. The van der Waals surface area contributed by atoms with E-state index in [9.17, 15) is 4.79 Å². The Morgan fingerprint density at radius 1 is 1.29 bits per heavy atom. The minimum Gasteiger partial charge on any atom is -0.436 e. The summed E-state index contributed by atoms with van der Waals surface area (Å²) in [4.78, 5) is 20.3. The maximum absolute atomic E-state index is 11.2. The van der Waals surface area contributed by atoms with Gasteiger partial charge in [-0.15, -0.1) is 11.3 Å². The Balaban J connectivity index is 2.02. The van der Waals surface area contributed by atoms with E-state index in [1.54, 1.807) is 12.1 Å². The van der Waals surface area contributed by atoms with E-state index in [4.69, 9.17) is 10.5 Å². The fourth-order valence-electron chi connectivity index (χ4n) is 1.87. The van der Waals surface area contributed by atoms with Gasteiger partial charge in [0.15, 0.2) is 5.75 Å². The minimum atomic E-state index is -0.172. The number of rotatable bonds is 3. The minimum absolute atomic E-state index is 0.150. The van der Waals surface area contributed by atoms with Crippen molar-refractivity contribution in [2.24, 2.45) is 0 Å². The summed E-state index contributed by atoms with van der Waals surface area (Å²) in [6.07, 6.45) is 0. The van der Waals surface area contributed by atoms with Crippen LogP contribution in [0.4, 0.5) is 11.6 Å². The molecule has 0 aliphatic carbocycles. The van der Waals surface area contributed by atoms with E-state index >= 15 is 0 Å². The number of hydrogen-bond acceptors (Lipinski definition) is 6. The van der Waals surface area contributed by atoms with Gasteiger partial charge in [-0.05, 0) is 23.6 Å². The third-order valence-electron chi connectivity index (χ3n) is 2.71. The fraction of sp³-hybridized carbons (Fsp3) is 0.0714. The lowest BCUT2D eigenvalue weighted by Gasteiger charge is -2.11. The van der Waals surface area contributed by atoms with Crippen molar-refractivity contribution in [3.63, 3.8) is 0 Å². The van der Waals surface area contributed by atoms with Crippen LogP contribution in [-0.2, 0) is 4.79 Å². The molecule has 2 heterocycles. The van der Waals surface area contributed by atoms with E-state index in [-0.39, 0.29) is 11.9 Å². The molecular formula is C14H12N4O2S. The number of thiophene rings is 1. The Kier molecular flexibility index (Phi) is 3.41. The van der Waals surface area contributed by atoms with Crippen LogP contribution in [0.25, 0.3) is 10.2 Å². The second-order valence-corrected chi connectivity index (χ2v) is 5.20. The number of nitrogens with one attached hydrogen (secondary N) is 1. The molecular weight excluding hydrogens is 288 g/mol. The average molecular weight is 300 g/mol. The summed E-state index contributed by atoms with van der Waals surface area (Å²) in [5, 5.41) is 5.39. The Morgan fingerprint density at radius 3 is 2.90 bits per heavy atom. The lowest BCUT2D eigenvalue weighted by atomic mass is 10.3. The third-order valence-corrected chi connectivity index (χ3v) is 3.52. The molecule has 6 nitrogen and oxygen atoms in total. The topological polar surface area (TPSA) is 90.1 Å². The largest absolute Gasteiger partial charge is 0.436 e. The zero-order chi connectivity index (χ0) is 14.8. The highest BCUT2D eigenvalue weighted by atomic mass is 32.1. The highest BCUT2D eigenvalue weighted by molar-refractivity contribution is 7.16. The number of nitrogen functional groups attached to an aromatic ring is 1. The molecule has 0 radical (unpaired) electrons. The number of carbonyl (C=O) groups excluding carboxylic acids is 1. The highest BCUT2D eigenvalue weighted by Crippen LogP contribution is 2.34. The summed E-state index contributed by atoms with van der Waals surface area (Å²) < 4.78 is 5.82. The van der Waals surface area contributed by atoms with Gasteiger partial charge in [0.1, 0.15) is 4.83 Å². The molecule has 0 spiro atoms. The van der Waals surface area contributed by atoms with Crippen molar-refractivity contribution in [3.05, 3.63) is 35.7 Å². The second kappa shape index (κ2) is 5.37. The van der Waals surface area contributed by atoms with Gasteiger partial charge in [-0.1, -0.05) is 12.1 Å². The van der Waals surface area contributed by atoms with Gasteiger partial charge in [0.25, 0.3) is 0 Å². The van der Waals surface area contributed by atoms with Gasteiger partial charge in [-0.2, -0.15) is 4.98 Å². The van der Waals surface area contributed by atoms with Crippen LogP contribution in [0.3, 0.4) is 0 Å². The maximum atomic E-state index is 11.2. The number of nitrogens with two attached hydrogens (primary N) is 1. The smallest absolute Gasteiger partial charge is 0.232 e. The SMILES string of the molecule is CC(=O)Nc1ccccc1Oc1nc(N)nc2sccc12. The molecule has 3 aromatic rings. The van der Waals surface area contributed by atoms with Crippen LogP contribution in [0.5, 0.6) is 11.6 Å². The van der Waals surface area contributed by atoms with E-state index in [0.717, 1.165) is 10.2 Å². The number of nitrogens with zero attached hydrogens (tertiary/aromatic N) is 2. The van der Waals surface area contributed by atoms with E-state index in [1.165, 1.54) is 18.3 Å². The predicted molar refractivity (Wildman–Crippen MR) is 82.6 cm³/mol. The van der Waals surface area contributed by atoms with Gasteiger partial charge in [-0.3, -0.25) is 4.79 Å². The van der Waals surface area contributed by atoms with Crippen molar-refractivity contribution < 1.29 is 9.53 Å². The van der Waals surface area contributed by atoms with E-state index < -0.39 is 0 Å². The van der Waals surface area contributed by atoms with Crippen LogP contribution in [0.2, 0.25) is 0 Å². The monoisotopic (exact) mass is 300 g/mol. The van der Waals surface area contributed by atoms with Gasteiger partial charge in [0.05, 0.1) is 11.1 Å². The summed E-state index contributed by atoms with van der Waals surface area (Å²) in [6.45, 7) is 1.44. The van der Waals surface area contributed by atoms with Crippen LogP contribution in [0.15, 0.2) is 35.7 Å². The molecule has 0 aliphatic rings. The summed E-state index contributed by atoms with van der Waals surface area (Å²) in [5.74, 6) is 0.848. The molecule has 0 atom stereocenters. The molecule has 2 aromatic heterocycles. The van der Waals surface area contributed by atoms with Crippen molar-refractivity contribution >= 4 is 39.1 Å². The maximum Gasteiger partial charge on any atom is 0.232 e. The van der Waals surface area contributed by atoms with E-state index in [2.05, 4.69) is 15.3 Å². The molecule has 106 valence electrons. The molecule has 0 bridgehead atoms. The fourth-order valence-corrected chi connectivity index (χ4v) is 2.64. The number of aromatic nitrogens is 2. The van der Waals surface area contributed by atoms with Crippen molar-refractivity contribution in [2.75, 3.05) is 11.1 Å². The Bertz CT molecular complexity index is 816. The molecule has 0 saturated carbocycles. The normalized spacial score (nSPS) is 10.5. The second-order valence-electron chi connectivity index (χ2n) is 4.31. The third kappa shape index (κ3) is 2.77. The van der Waals surface area contributed by atoms with Gasteiger partial charge >= 0.3 is 0 Å². The summed E-state index contributed by atoms with van der Waals surface area (Å²) in [7, 11) is 0. The number of para-hydroxylation sites is 2.